The number of rotatable bonds is 16. The first kappa shape index (κ1) is 22.0. The Morgan fingerprint density at radius 1 is 0.636 bits per heavy atom. The third-order valence-electron chi connectivity index (χ3n) is 4.33. The van der Waals surface area contributed by atoms with Crippen LogP contribution in [0.1, 0.15) is 118 Å². The fourth-order valence-electron chi connectivity index (χ4n) is 3.19. The van der Waals surface area contributed by atoms with Crippen molar-refractivity contribution in [1.82, 2.24) is 0 Å². The lowest BCUT2D eigenvalue weighted by Gasteiger charge is -2.22. The molecule has 0 aromatic heterocycles. The summed E-state index contributed by atoms with van der Waals surface area (Å²) in [6.07, 6.45) is 19.0. The topological polar surface area (TPSA) is 9.23 Å². The van der Waals surface area contributed by atoms with Gasteiger partial charge in [-0.2, -0.15) is 0 Å². The maximum absolute atomic E-state index is 6.05. The Labute approximate surface area is 141 Å². The van der Waals surface area contributed by atoms with E-state index in [1.807, 2.05) is 0 Å². The molecule has 0 bridgehead atoms. The van der Waals surface area contributed by atoms with Gasteiger partial charge in [0.25, 0.3) is 0 Å². The third kappa shape index (κ3) is 16.3. The summed E-state index contributed by atoms with van der Waals surface area (Å²) in [6.45, 7) is 11.2. The molecule has 0 saturated heterocycles. The molecule has 22 heavy (non-hydrogen) atoms. The number of hydrogen-bond acceptors (Lipinski definition) is 1. The van der Waals surface area contributed by atoms with E-state index in [-0.39, 0.29) is 0 Å². The van der Waals surface area contributed by atoms with E-state index in [2.05, 4.69) is 34.6 Å². The zero-order chi connectivity index (χ0) is 16.6. The van der Waals surface area contributed by atoms with Gasteiger partial charge in [0.1, 0.15) is 0 Å². The normalized spacial score (nSPS) is 13.2. The maximum atomic E-state index is 6.05. The molecule has 1 heteroatoms. The predicted octanol–water partition coefficient (Wildman–Crippen LogP) is 7.53. The number of ether oxygens (including phenoxy) is 1. The first-order valence-electron chi connectivity index (χ1n) is 10.2. The average Bonchev–Trinajstić information content (AvgIpc) is 2.43. The highest BCUT2D eigenvalue weighted by Gasteiger charge is 2.12. The molecule has 0 amide bonds. The second kappa shape index (κ2) is 15.8. The summed E-state index contributed by atoms with van der Waals surface area (Å²) in [7, 11) is 0. The van der Waals surface area contributed by atoms with Crippen LogP contribution in [-0.2, 0) is 4.74 Å². The average molecular weight is 313 g/mol. The molecule has 0 rings (SSSR count). The molecule has 0 aromatic rings. The Hall–Kier alpha value is -0.0400. The van der Waals surface area contributed by atoms with E-state index in [0.717, 1.165) is 5.92 Å². The Morgan fingerprint density at radius 2 is 1.09 bits per heavy atom. The molecule has 0 aliphatic carbocycles. The van der Waals surface area contributed by atoms with Crippen molar-refractivity contribution in [3.05, 3.63) is 0 Å². The van der Waals surface area contributed by atoms with Crippen LogP contribution in [0.2, 0.25) is 0 Å². The van der Waals surface area contributed by atoms with Gasteiger partial charge in [-0.05, 0) is 32.6 Å². The number of hydrogen-bond donors (Lipinski definition) is 0. The third-order valence-corrected chi connectivity index (χ3v) is 4.33. The van der Waals surface area contributed by atoms with Gasteiger partial charge in [0.05, 0.1) is 12.2 Å². The van der Waals surface area contributed by atoms with Gasteiger partial charge in [0.15, 0.2) is 0 Å². The van der Waals surface area contributed by atoms with Crippen molar-refractivity contribution in [1.29, 1.82) is 0 Å². The second-order valence-electron chi connectivity index (χ2n) is 7.76. The predicted molar refractivity (Wildman–Crippen MR) is 101 cm³/mol. The highest BCUT2D eigenvalue weighted by Crippen LogP contribution is 2.18. The van der Waals surface area contributed by atoms with Crippen LogP contribution in [0, 0.1) is 5.92 Å². The fraction of sp³-hybridized carbons (Fsp3) is 1.00. The molecule has 0 aromatic carbocycles. The van der Waals surface area contributed by atoms with Crippen molar-refractivity contribution in [2.45, 2.75) is 130 Å². The van der Waals surface area contributed by atoms with Crippen molar-refractivity contribution in [3.8, 4) is 0 Å². The molecule has 0 saturated carbocycles. The van der Waals surface area contributed by atoms with E-state index >= 15 is 0 Å². The molecule has 0 fully saturated rings. The van der Waals surface area contributed by atoms with E-state index in [1.165, 1.54) is 83.5 Å². The molecule has 0 aliphatic rings. The zero-order valence-corrected chi connectivity index (χ0v) is 16.3. The maximum Gasteiger partial charge on any atom is 0.0581 e. The van der Waals surface area contributed by atoms with E-state index in [1.54, 1.807) is 0 Å². The van der Waals surface area contributed by atoms with Crippen molar-refractivity contribution >= 4 is 0 Å². The minimum Gasteiger partial charge on any atom is -0.376 e. The van der Waals surface area contributed by atoms with Gasteiger partial charge in [-0.25, -0.2) is 0 Å². The summed E-state index contributed by atoms with van der Waals surface area (Å²) in [5, 5.41) is 0. The van der Waals surface area contributed by atoms with Crippen LogP contribution in [0.5, 0.6) is 0 Å². The van der Waals surface area contributed by atoms with Crippen LogP contribution in [0.4, 0.5) is 0 Å². The van der Waals surface area contributed by atoms with Crippen molar-refractivity contribution < 1.29 is 4.74 Å². The Bertz CT molecular complexity index is 200. The van der Waals surface area contributed by atoms with Crippen LogP contribution in [-0.4, -0.2) is 12.2 Å². The van der Waals surface area contributed by atoms with Crippen LogP contribution in [0.25, 0.3) is 0 Å². The van der Waals surface area contributed by atoms with Crippen LogP contribution in [0.15, 0.2) is 0 Å². The van der Waals surface area contributed by atoms with Gasteiger partial charge in [-0.15, -0.1) is 0 Å². The summed E-state index contributed by atoms with van der Waals surface area (Å²) < 4.78 is 6.05. The van der Waals surface area contributed by atoms with Gasteiger partial charge in [0.2, 0.25) is 0 Å². The molecular formula is C21H44O. The highest BCUT2D eigenvalue weighted by molar-refractivity contribution is 4.63. The van der Waals surface area contributed by atoms with Gasteiger partial charge in [0, 0.05) is 0 Å². The molecule has 0 heterocycles. The van der Waals surface area contributed by atoms with Crippen molar-refractivity contribution in [2.24, 2.45) is 5.92 Å². The second-order valence-corrected chi connectivity index (χ2v) is 7.76. The molecule has 0 N–H and O–H groups in total. The van der Waals surface area contributed by atoms with Crippen LogP contribution in [0.3, 0.4) is 0 Å². The van der Waals surface area contributed by atoms with Gasteiger partial charge in [-0.3, -0.25) is 0 Å². The summed E-state index contributed by atoms with van der Waals surface area (Å²) in [4.78, 5) is 0. The van der Waals surface area contributed by atoms with E-state index < -0.39 is 0 Å². The molecule has 134 valence electrons. The van der Waals surface area contributed by atoms with Crippen molar-refractivity contribution in [2.75, 3.05) is 0 Å². The standard InChI is InChI=1S/C21H44O/c1-6-7-8-9-10-11-12-13-14-15-16-17-21(18-19(2)3)22-20(4)5/h19-21H,6-18H2,1-5H3. The summed E-state index contributed by atoms with van der Waals surface area (Å²) in [5.41, 5.74) is 0. The fourth-order valence-corrected chi connectivity index (χ4v) is 3.19. The molecule has 1 nitrogen and oxygen atoms in total. The highest BCUT2D eigenvalue weighted by atomic mass is 16.5. The molecule has 0 aliphatic heterocycles. The lowest BCUT2D eigenvalue weighted by Crippen LogP contribution is -2.19. The minimum atomic E-state index is 0.372. The van der Waals surface area contributed by atoms with Gasteiger partial charge < -0.3 is 4.74 Å². The van der Waals surface area contributed by atoms with Crippen LogP contribution >= 0.6 is 0 Å². The number of unbranched alkanes of at least 4 members (excludes halogenated alkanes) is 10. The largest absolute Gasteiger partial charge is 0.376 e. The van der Waals surface area contributed by atoms with Crippen LogP contribution < -0.4 is 0 Å². The van der Waals surface area contributed by atoms with E-state index in [0.29, 0.717) is 12.2 Å². The van der Waals surface area contributed by atoms with Gasteiger partial charge >= 0.3 is 0 Å². The summed E-state index contributed by atoms with van der Waals surface area (Å²) in [6, 6.07) is 0. The van der Waals surface area contributed by atoms with E-state index in [9.17, 15) is 0 Å². The molecule has 0 spiro atoms. The summed E-state index contributed by atoms with van der Waals surface area (Å²) >= 11 is 0. The van der Waals surface area contributed by atoms with E-state index in [4.69, 9.17) is 4.74 Å². The van der Waals surface area contributed by atoms with Crippen molar-refractivity contribution in [3.63, 3.8) is 0 Å². The Kier molecular flexibility index (Phi) is 15.8. The zero-order valence-electron chi connectivity index (χ0n) is 16.3. The first-order chi connectivity index (χ1) is 10.6. The Morgan fingerprint density at radius 3 is 1.50 bits per heavy atom. The summed E-state index contributed by atoms with van der Waals surface area (Å²) in [5.74, 6) is 0.747. The van der Waals surface area contributed by atoms with Gasteiger partial charge in [-0.1, -0.05) is 91.4 Å². The molecular weight excluding hydrogens is 268 g/mol. The first-order valence-corrected chi connectivity index (χ1v) is 10.2. The monoisotopic (exact) mass is 312 g/mol. The smallest absolute Gasteiger partial charge is 0.0581 e. The quantitative estimate of drug-likeness (QED) is 0.268. The molecule has 0 radical (unpaired) electrons. The Balaban J connectivity index is 3.41. The lowest BCUT2D eigenvalue weighted by atomic mass is 9.99. The molecule has 1 atom stereocenters. The lowest BCUT2D eigenvalue weighted by molar-refractivity contribution is -0.00900. The minimum absolute atomic E-state index is 0.372. The SMILES string of the molecule is CCCCCCCCCCCCCC(CC(C)C)OC(C)C. The molecule has 1 unspecified atom stereocenters.